The van der Waals surface area contributed by atoms with Gasteiger partial charge in [0.05, 0.1) is 23.0 Å². The summed E-state index contributed by atoms with van der Waals surface area (Å²) in [6, 6.07) is 8.85. The van der Waals surface area contributed by atoms with Crippen molar-refractivity contribution in [2.75, 3.05) is 6.54 Å². The number of likely N-dealkylation sites (N-methyl/N-ethyl adjacent to an activating group) is 1. The van der Waals surface area contributed by atoms with Crippen LogP contribution in [0.15, 0.2) is 30.5 Å². The number of rotatable bonds is 6. The highest BCUT2D eigenvalue weighted by atomic mass is 35.5. The van der Waals surface area contributed by atoms with Crippen LogP contribution in [0.4, 0.5) is 0 Å². The molecule has 20 heavy (non-hydrogen) atoms. The lowest BCUT2D eigenvalue weighted by molar-refractivity contribution is 0.490. The molecule has 0 bridgehead atoms. The average molecular weight is 292 g/mol. The van der Waals surface area contributed by atoms with E-state index in [1.165, 1.54) is 11.1 Å². The predicted molar refractivity (Wildman–Crippen MR) is 84.2 cm³/mol. The lowest BCUT2D eigenvalue weighted by atomic mass is 10.0. The maximum absolute atomic E-state index is 6.32. The molecule has 1 atom stereocenters. The maximum atomic E-state index is 6.32. The van der Waals surface area contributed by atoms with Gasteiger partial charge in [-0.15, -0.1) is 0 Å². The molecule has 1 aromatic heterocycles. The minimum Gasteiger partial charge on any atom is -0.309 e. The van der Waals surface area contributed by atoms with E-state index in [2.05, 4.69) is 55.5 Å². The van der Waals surface area contributed by atoms with E-state index in [4.69, 9.17) is 11.6 Å². The highest BCUT2D eigenvalue weighted by Crippen LogP contribution is 2.26. The molecule has 0 aliphatic carbocycles. The van der Waals surface area contributed by atoms with Gasteiger partial charge in [0.15, 0.2) is 0 Å². The van der Waals surface area contributed by atoms with Gasteiger partial charge in [0, 0.05) is 6.54 Å². The van der Waals surface area contributed by atoms with E-state index in [0.717, 1.165) is 30.2 Å². The Balaban J connectivity index is 2.26. The summed E-state index contributed by atoms with van der Waals surface area (Å²) in [5.74, 6) is 0. The number of aryl methyl sites for hydroxylation is 2. The number of halogens is 1. The fourth-order valence-electron chi connectivity index (χ4n) is 2.44. The Morgan fingerprint density at radius 3 is 2.55 bits per heavy atom. The summed E-state index contributed by atoms with van der Waals surface area (Å²) in [5.41, 5.74) is 3.67. The Morgan fingerprint density at radius 1 is 1.25 bits per heavy atom. The van der Waals surface area contributed by atoms with Crippen LogP contribution in [0.25, 0.3) is 0 Å². The summed E-state index contributed by atoms with van der Waals surface area (Å²) in [5, 5.41) is 8.60. The average Bonchev–Trinajstić information content (AvgIpc) is 2.82. The van der Waals surface area contributed by atoms with Crippen molar-refractivity contribution in [2.45, 2.75) is 39.8 Å². The zero-order chi connectivity index (χ0) is 14.5. The molecule has 2 aromatic rings. The van der Waals surface area contributed by atoms with E-state index in [1.54, 1.807) is 6.20 Å². The Hall–Kier alpha value is -1.32. The predicted octanol–water partition coefficient (Wildman–Crippen LogP) is 3.76. The van der Waals surface area contributed by atoms with Crippen molar-refractivity contribution >= 4 is 11.6 Å². The van der Waals surface area contributed by atoms with Crippen LogP contribution in [0, 0.1) is 6.92 Å². The van der Waals surface area contributed by atoms with Gasteiger partial charge in [0.1, 0.15) is 0 Å². The molecule has 0 saturated heterocycles. The smallest absolute Gasteiger partial charge is 0.0834 e. The fourth-order valence-corrected chi connectivity index (χ4v) is 2.72. The molecule has 0 spiro atoms. The molecule has 0 saturated carbocycles. The van der Waals surface area contributed by atoms with E-state index in [-0.39, 0.29) is 6.04 Å². The largest absolute Gasteiger partial charge is 0.309 e. The molecule has 1 aromatic carbocycles. The zero-order valence-corrected chi connectivity index (χ0v) is 13.1. The first-order chi connectivity index (χ1) is 9.65. The van der Waals surface area contributed by atoms with Crippen LogP contribution in [0.3, 0.4) is 0 Å². The summed E-state index contributed by atoms with van der Waals surface area (Å²) in [7, 11) is 0. The quantitative estimate of drug-likeness (QED) is 0.878. The molecule has 3 nitrogen and oxygen atoms in total. The SMILES string of the molecule is CCNC(Cc1ccc(C)cc1)c1c(Cl)cnn1CC. The van der Waals surface area contributed by atoms with Crippen LogP contribution in [-0.2, 0) is 13.0 Å². The Labute approximate surface area is 126 Å². The van der Waals surface area contributed by atoms with Gasteiger partial charge in [-0.3, -0.25) is 4.68 Å². The van der Waals surface area contributed by atoms with Crippen LogP contribution in [0.1, 0.15) is 36.7 Å². The van der Waals surface area contributed by atoms with E-state index in [9.17, 15) is 0 Å². The van der Waals surface area contributed by atoms with Gasteiger partial charge >= 0.3 is 0 Å². The Kier molecular flexibility index (Phi) is 5.21. The summed E-state index contributed by atoms with van der Waals surface area (Å²) >= 11 is 6.32. The minimum atomic E-state index is 0.192. The fraction of sp³-hybridized carbons (Fsp3) is 0.438. The summed E-state index contributed by atoms with van der Waals surface area (Å²) in [6.45, 7) is 8.04. The van der Waals surface area contributed by atoms with Gasteiger partial charge in [-0.1, -0.05) is 48.4 Å². The van der Waals surface area contributed by atoms with Crippen LogP contribution in [0.2, 0.25) is 5.02 Å². The molecule has 108 valence electrons. The second-order valence-electron chi connectivity index (χ2n) is 4.99. The molecule has 0 aliphatic heterocycles. The number of hydrogen-bond acceptors (Lipinski definition) is 2. The third-order valence-electron chi connectivity index (χ3n) is 3.47. The second kappa shape index (κ2) is 6.91. The number of hydrogen-bond donors (Lipinski definition) is 1. The van der Waals surface area contributed by atoms with E-state index in [0.29, 0.717) is 0 Å². The van der Waals surface area contributed by atoms with Gasteiger partial charge in [-0.05, 0) is 32.4 Å². The molecule has 0 fully saturated rings. The third-order valence-corrected chi connectivity index (χ3v) is 3.77. The Morgan fingerprint density at radius 2 is 1.95 bits per heavy atom. The highest BCUT2D eigenvalue weighted by Gasteiger charge is 2.19. The van der Waals surface area contributed by atoms with Crippen molar-refractivity contribution in [1.82, 2.24) is 15.1 Å². The molecular weight excluding hydrogens is 270 g/mol. The molecule has 1 N–H and O–H groups in total. The minimum absolute atomic E-state index is 0.192. The normalized spacial score (nSPS) is 12.6. The molecule has 4 heteroatoms. The molecule has 2 rings (SSSR count). The van der Waals surface area contributed by atoms with Crippen molar-refractivity contribution in [3.63, 3.8) is 0 Å². The second-order valence-corrected chi connectivity index (χ2v) is 5.40. The van der Waals surface area contributed by atoms with Crippen LogP contribution < -0.4 is 5.32 Å². The topological polar surface area (TPSA) is 29.9 Å². The van der Waals surface area contributed by atoms with Crippen molar-refractivity contribution in [3.8, 4) is 0 Å². The third kappa shape index (κ3) is 3.41. The first kappa shape index (κ1) is 15.1. The van der Waals surface area contributed by atoms with Crippen LogP contribution in [-0.4, -0.2) is 16.3 Å². The van der Waals surface area contributed by atoms with Crippen molar-refractivity contribution in [3.05, 3.63) is 52.3 Å². The van der Waals surface area contributed by atoms with Gasteiger partial charge in [0.2, 0.25) is 0 Å². The summed E-state index contributed by atoms with van der Waals surface area (Å²) in [4.78, 5) is 0. The van der Waals surface area contributed by atoms with Gasteiger partial charge in [-0.25, -0.2) is 0 Å². The lowest BCUT2D eigenvalue weighted by Gasteiger charge is -2.20. The monoisotopic (exact) mass is 291 g/mol. The molecule has 0 radical (unpaired) electrons. The molecule has 1 unspecified atom stereocenters. The molecule has 1 heterocycles. The molecule has 0 amide bonds. The van der Waals surface area contributed by atoms with Gasteiger partial charge < -0.3 is 5.32 Å². The number of aromatic nitrogens is 2. The number of nitrogens with one attached hydrogen (secondary N) is 1. The van der Waals surface area contributed by atoms with Crippen molar-refractivity contribution in [2.24, 2.45) is 0 Å². The zero-order valence-electron chi connectivity index (χ0n) is 12.4. The first-order valence-corrected chi connectivity index (χ1v) is 7.53. The molecule has 0 aliphatic rings. The maximum Gasteiger partial charge on any atom is 0.0834 e. The van der Waals surface area contributed by atoms with Gasteiger partial charge in [-0.2, -0.15) is 5.10 Å². The molecular formula is C16H22ClN3. The van der Waals surface area contributed by atoms with Crippen LogP contribution in [0.5, 0.6) is 0 Å². The number of benzene rings is 1. The van der Waals surface area contributed by atoms with Crippen LogP contribution >= 0.6 is 11.6 Å². The Bertz CT molecular complexity index is 545. The standard InChI is InChI=1S/C16H22ClN3/c1-4-18-15(10-13-8-6-12(3)7-9-13)16-14(17)11-19-20(16)5-2/h6-9,11,15,18H,4-5,10H2,1-3H3. The van der Waals surface area contributed by atoms with E-state index in [1.807, 2.05) is 4.68 Å². The summed E-state index contributed by atoms with van der Waals surface area (Å²) < 4.78 is 1.98. The number of nitrogens with zero attached hydrogens (tertiary/aromatic N) is 2. The van der Waals surface area contributed by atoms with Crippen molar-refractivity contribution < 1.29 is 0 Å². The lowest BCUT2D eigenvalue weighted by Crippen LogP contribution is -2.26. The summed E-state index contributed by atoms with van der Waals surface area (Å²) in [6.07, 6.45) is 2.65. The first-order valence-electron chi connectivity index (χ1n) is 7.15. The van der Waals surface area contributed by atoms with E-state index < -0.39 is 0 Å². The van der Waals surface area contributed by atoms with Crippen molar-refractivity contribution in [1.29, 1.82) is 0 Å². The highest BCUT2D eigenvalue weighted by molar-refractivity contribution is 6.31. The van der Waals surface area contributed by atoms with Gasteiger partial charge in [0.25, 0.3) is 0 Å². The van der Waals surface area contributed by atoms with E-state index >= 15 is 0 Å².